The molecule has 0 spiro atoms. The summed E-state index contributed by atoms with van der Waals surface area (Å²) in [6.45, 7) is 6.46. The molecule has 0 aliphatic rings. The van der Waals surface area contributed by atoms with Gasteiger partial charge in [-0.05, 0) is 116 Å². The van der Waals surface area contributed by atoms with Gasteiger partial charge in [0.1, 0.15) is 13.2 Å². The van der Waals surface area contributed by atoms with Crippen molar-refractivity contribution in [2.45, 2.75) is 297 Å². The zero-order chi connectivity index (χ0) is 55.7. The summed E-state index contributed by atoms with van der Waals surface area (Å²) in [6, 6.07) is 0. The van der Waals surface area contributed by atoms with E-state index in [1.54, 1.807) is 0 Å². The van der Waals surface area contributed by atoms with Crippen molar-refractivity contribution in [2.24, 2.45) is 0 Å². The maximum atomic E-state index is 12.9. The monoisotopic (exact) mass is 1070 g/mol. The van der Waals surface area contributed by atoms with Crippen LogP contribution in [0.1, 0.15) is 290 Å². The van der Waals surface area contributed by atoms with Crippen LogP contribution in [0, 0.1) is 0 Å². The van der Waals surface area contributed by atoms with Crippen LogP contribution in [-0.2, 0) is 28.6 Å². The van der Waals surface area contributed by atoms with Gasteiger partial charge in [-0.1, -0.05) is 277 Å². The average Bonchev–Trinajstić information content (AvgIpc) is 3.43. The maximum Gasteiger partial charge on any atom is 0.306 e. The van der Waals surface area contributed by atoms with Crippen molar-refractivity contribution in [2.75, 3.05) is 13.2 Å². The first-order valence-electron chi connectivity index (χ1n) is 32.0. The summed E-state index contributed by atoms with van der Waals surface area (Å²) in [7, 11) is 0. The topological polar surface area (TPSA) is 78.9 Å². The highest BCUT2D eigenvalue weighted by atomic mass is 16.6. The van der Waals surface area contributed by atoms with Crippen LogP contribution in [0.15, 0.2) is 122 Å². The third-order valence-electron chi connectivity index (χ3n) is 13.5. The molecule has 0 aromatic rings. The van der Waals surface area contributed by atoms with Gasteiger partial charge in [-0.15, -0.1) is 0 Å². The van der Waals surface area contributed by atoms with E-state index in [9.17, 15) is 14.4 Å². The lowest BCUT2D eigenvalue weighted by atomic mass is 10.0. The van der Waals surface area contributed by atoms with Gasteiger partial charge in [-0.25, -0.2) is 0 Å². The molecule has 6 heteroatoms. The van der Waals surface area contributed by atoms with Crippen LogP contribution in [-0.4, -0.2) is 37.2 Å². The Morgan fingerprint density at radius 1 is 0.273 bits per heavy atom. The highest BCUT2D eigenvalue weighted by Crippen LogP contribution is 2.15. The minimum Gasteiger partial charge on any atom is -0.462 e. The van der Waals surface area contributed by atoms with E-state index in [0.29, 0.717) is 19.3 Å². The molecule has 0 heterocycles. The van der Waals surface area contributed by atoms with E-state index in [-0.39, 0.29) is 31.1 Å². The Morgan fingerprint density at radius 2 is 0.506 bits per heavy atom. The van der Waals surface area contributed by atoms with Gasteiger partial charge in [0.05, 0.1) is 0 Å². The Bertz CT molecular complexity index is 1600. The number of hydrogen-bond acceptors (Lipinski definition) is 6. The molecule has 0 aromatic heterocycles. The molecule has 0 saturated carbocycles. The predicted octanol–water partition coefficient (Wildman–Crippen LogP) is 22.0. The van der Waals surface area contributed by atoms with Gasteiger partial charge in [0, 0.05) is 19.3 Å². The molecule has 1 unspecified atom stereocenters. The smallest absolute Gasteiger partial charge is 0.306 e. The normalized spacial score (nSPS) is 12.9. The number of allylic oxidation sites excluding steroid dienone is 20. The number of ether oxygens (including phenoxy) is 3. The van der Waals surface area contributed by atoms with Crippen LogP contribution < -0.4 is 0 Å². The fourth-order valence-electron chi connectivity index (χ4n) is 8.67. The lowest BCUT2D eigenvalue weighted by Gasteiger charge is -2.18. The third kappa shape index (κ3) is 62.5. The van der Waals surface area contributed by atoms with Crippen molar-refractivity contribution >= 4 is 17.9 Å². The minimum absolute atomic E-state index is 0.0872. The SMILES string of the molecule is CC/C=C\C/C=C\C/C=C\C/C=C\C/C=C\C/C=C\C/C=C\CCCCCCCC(=O)OCC(COC(=O)CCCCCCCCC)OC(=O)CCCCCCCCCCCC/C=C\C/C=C\C/C=C\CCCCCCC. The van der Waals surface area contributed by atoms with Crippen molar-refractivity contribution < 1.29 is 28.6 Å². The fraction of sp³-hybridized carbons (Fsp3) is 0.676. The molecule has 0 aromatic carbocycles. The van der Waals surface area contributed by atoms with Crippen molar-refractivity contribution in [3.63, 3.8) is 0 Å². The van der Waals surface area contributed by atoms with Gasteiger partial charge >= 0.3 is 17.9 Å². The summed E-state index contributed by atoms with van der Waals surface area (Å²) in [5.41, 5.74) is 0. The molecule has 0 aliphatic heterocycles. The number of carbonyl (C=O) groups excluding carboxylic acids is 3. The van der Waals surface area contributed by atoms with Gasteiger partial charge in [0.15, 0.2) is 6.10 Å². The lowest BCUT2D eigenvalue weighted by molar-refractivity contribution is -0.167. The highest BCUT2D eigenvalue weighted by Gasteiger charge is 2.19. The van der Waals surface area contributed by atoms with E-state index < -0.39 is 6.10 Å². The first-order valence-corrected chi connectivity index (χ1v) is 32.0. The molecule has 0 aliphatic carbocycles. The van der Waals surface area contributed by atoms with Gasteiger partial charge in [0.2, 0.25) is 0 Å². The second-order valence-electron chi connectivity index (χ2n) is 20.9. The van der Waals surface area contributed by atoms with E-state index in [1.807, 2.05) is 0 Å². The molecule has 0 rings (SSSR count). The summed E-state index contributed by atoms with van der Waals surface area (Å²) in [4.78, 5) is 38.1. The van der Waals surface area contributed by atoms with Crippen LogP contribution in [0.5, 0.6) is 0 Å². The van der Waals surface area contributed by atoms with E-state index in [0.717, 1.165) is 135 Å². The quantitative estimate of drug-likeness (QED) is 0.0261. The molecule has 0 N–H and O–H groups in total. The first-order chi connectivity index (χ1) is 38.0. The second-order valence-corrected chi connectivity index (χ2v) is 20.9. The largest absolute Gasteiger partial charge is 0.462 e. The first kappa shape index (κ1) is 72.8. The molecule has 1 atom stereocenters. The molecular formula is C71H118O6. The number of hydrogen-bond donors (Lipinski definition) is 0. The van der Waals surface area contributed by atoms with Crippen molar-refractivity contribution in [3.8, 4) is 0 Å². The standard InChI is InChI=1S/C71H118O6/c1-4-7-10-13-16-18-20-22-24-26-28-30-32-34-35-37-38-40-42-44-46-48-50-52-55-58-61-64-70(73)76-67-68(66-75-69(72)63-60-57-54-15-12-9-6-3)77-71(74)65-62-59-56-53-51-49-47-45-43-41-39-36-33-31-29-27-25-23-21-19-17-14-11-8-5-2/h7,10,16,18,21-24,27-30,33-36,38,40,44,46,68H,4-6,8-9,11-15,17,19-20,25-26,31-32,37,39,41-43,45,47-67H2,1-3H3/b10-7-,18-16-,23-21-,24-22-,29-27-,30-28-,35-34-,36-33-,40-38-,46-44-. The van der Waals surface area contributed by atoms with Gasteiger partial charge in [-0.3, -0.25) is 14.4 Å². The van der Waals surface area contributed by atoms with Gasteiger partial charge in [-0.2, -0.15) is 0 Å². The fourth-order valence-corrected chi connectivity index (χ4v) is 8.67. The molecule has 0 radical (unpaired) electrons. The van der Waals surface area contributed by atoms with Crippen LogP contribution >= 0.6 is 0 Å². The summed E-state index contributed by atoms with van der Waals surface area (Å²) in [5, 5.41) is 0. The Labute approximate surface area is 475 Å². The predicted molar refractivity (Wildman–Crippen MR) is 334 cm³/mol. The van der Waals surface area contributed by atoms with Crippen molar-refractivity contribution in [1.82, 2.24) is 0 Å². The number of rotatable bonds is 57. The molecule has 0 saturated heterocycles. The second kappa shape index (κ2) is 64.3. The van der Waals surface area contributed by atoms with Gasteiger partial charge in [0.25, 0.3) is 0 Å². The van der Waals surface area contributed by atoms with Crippen LogP contribution in [0.25, 0.3) is 0 Å². The van der Waals surface area contributed by atoms with E-state index >= 15 is 0 Å². The minimum atomic E-state index is -0.790. The zero-order valence-corrected chi connectivity index (χ0v) is 50.2. The summed E-state index contributed by atoms with van der Waals surface area (Å²) in [6.07, 6.45) is 89.4. The van der Waals surface area contributed by atoms with E-state index in [4.69, 9.17) is 14.2 Å². The number of esters is 3. The zero-order valence-electron chi connectivity index (χ0n) is 50.2. The average molecular weight is 1070 g/mol. The Balaban J connectivity index is 4.22. The number of carbonyl (C=O) groups is 3. The molecular weight excluding hydrogens is 949 g/mol. The van der Waals surface area contributed by atoms with Crippen molar-refractivity contribution in [1.29, 1.82) is 0 Å². The summed E-state index contributed by atoms with van der Waals surface area (Å²) in [5.74, 6) is -0.915. The molecule has 438 valence electrons. The Morgan fingerprint density at radius 3 is 0.792 bits per heavy atom. The molecule has 0 fully saturated rings. The number of unbranched alkanes of at least 4 members (excludes halogenated alkanes) is 26. The lowest BCUT2D eigenvalue weighted by Crippen LogP contribution is -2.30. The third-order valence-corrected chi connectivity index (χ3v) is 13.5. The Hall–Kier alpha value is -4.19. The molecule has 0 bridgehead atoms. The maximum absolute atomic E-state index is 12.9. The molecule has 77 heavy (non-hydrogen) atoms. The van der Waals surface area contributed by atoms with Crippen LogP contribution in [0.2, 0.25) is 0 Å². The van der Waals surface area contributed by atoms with E-state index in [2.05, 4.69) is 142 Å². The van der Waals surface area contributed by atoms with Gasteiger partial charge < -0.3 is 14.2 Å². The van der Waals surface area contributed by atoms with Crippen molar-refractivity contribution in [3.05, 3.63) is 122 Å². The van der Waals surface area contributed by atoms with E-state index in [1.165, 1.54) is 116 Å². The van der Waals surface area contributed by atoms with Crippen LogP contribution in [0.4, 0.5) is 0 Å². The Kier molecular flexibility index (Phi) is 60.8. The molecule has 0 amide bonds. The van der Waals surface area contributed by atoms with Crippen LogP contribution in [0.3, 0.4) is 0 Å². The summed E-state index contributed by atoms with van der Waals surface area (Å²) >= 11 is 0. The summed E-state index contributed by atoms with van der Waals surface area (Å²) < 4.78 is 16.8. The highest BCUT2D eigenvalue weighted by molar-refractivity contribution is 5.71. The molecule has 6 nitrogen and oxygen atoms in total.